The second-order valence-electron chi connectivity index (χ2n) is 3.20. The first-order valence-electron chi connectivity index (χ1n) is 4.57. The van der Waals surface area contributed by atoms with Crippen molar-refractivity contribution in [1.29, 1.82) is 5.26 Å². The summed E-state index contributed by atoms with van der Waals surface area (Å²) < 4.78 is 30.0. The number of rotatable bonds is 3. The van der Waals surface area contributed by atoms with Gasteiger partial charge in [-0.2, -0.15) is 5.26 Å². The molecule has 0 saturated heterocycles. The molecule has 0 aromatic heterocycles. The lowest BCUT2D eigenvalue weighted by atomic mass is 10.0. The van der Waals surface area contributed by atoms with E-state index in [1.807, 2.05) is 0 Å². The van der Waals surface area contributed by atoms with Gasteiger partial charge in [-0.15, -0.1) is 0 Å². The van der Waals surface area contributed by atoms with Gasteiger partial charge >= 0.3 is 5.97 Å². The highest BCUT2D eigenvalue weighted by atomic mass is 79.9. The van der Waals surface area contributed by atoms with Crippen LogP contribution in [0, 0.1) is 11.3 Å². The second-order valence-corrected chi connectivity index (χ2v) is 4.00. The van der Waals surface area contributed by atoms with Crippen molar-refractivity contribution in [1.82, 2.24) is 0 Å². The fourth-order valence-corrected chi connectivity index (χ4v) is 1.83. The molecule has 17 heavy (non-hydrogen) atoms. The fourth-order valence-electron chi connectivity index (χ4n) is 1.29. The number of carbonyl (C=O) groups is 1. The third-order valence-corrected chi connectivity index (χ3v) is 3.07. The largest absolute Gasteiger partial charge is 0.469 e. The molecular formula is C11H8BrF2NO2. The monoisotopic (exact) mass is 303 g/mol. The van der Waals surface area contributed by atoms with E-state index < -0.39 is 12.4 Å². The Morgan fingerprint density at radius 2 is 2.24 bits per heavy atom. The Kier molecular flexibility index (Phi) is 4.58. The molecule has 0 spiro atoms. The van der Waals surface area contributed by atoms with Crippen LogP contribution >= 0.6 is 15.9 Å². The Morgan fingerprint density at radius 1 is 1.59 bits per heavy atom. The number of ether oxygens (including phenoxy) is 1. The molecule has 0 aliphatic carbocycles. The third kappa shape index (κ3) is 3.24. The molecule has 0 aliphatic rings. The van der Waals surface area contributed by atoms with E-state index in [0.29, 0.717) is 5.56 Å². The Bertz CT molecular complexity index is 483. The van der Waals surface area contributed by atoms with Crippen LogP contribution in [-0.4, -0.2) is 13.1 Å². The summed E-state index contributed by atoms with van der Waals surface area (Å²) in [5.41, 5.74) is 0.0940. The number of esters is 1. The van der Waals surface area contributed by atoms with Crippen LogP contribution in [0.15, 0.2) is 16.6 Å². The van der Waals surface area contributed by atoms with Crippen molar-refractivity contribution in [3.63, 3.8) is 0 Å². The minimum Gasteiger partial charge on any atom is -0.469 e. The summed E-state index contributed by atoms with van der Waals surface area (Å²) in [5, 5.41) is 8.72. The first-order chi connectivity index (χ1) is 7.99. The predicted octanol–water partition coefficient (Wildman–Crippen LogP) is 2.97. The van der Waals surface area contributed by atoms with Crippen molar-refractivity contribution < 1.29 is 18.3 Å². The van der Waals surface area contributed by atoms with Crippen LogP contribution in [0.4, 0.5) is 8.78 Å². The van der Waals surface area contributed by atoms with E-state index in [1.54, 1.807) is 6.07 Å². The minimum atomic E-state index is -2.71. The van der Waals surface area contributed by atoms with Gasteiger partial charge in [0, 0.05) is 10.0 Å². The lowest BCUT2D eigenvalue weighted by Gasteiger charge is -2.09. The Hall–Kier alpha value is -1.48. The quantitative estimate of drug-likeness (QED) is 0.807. The van der Waals surface area contributed by atoms with E-state index in [1.165, 1.54) is 13.2 Å². The molecule has 0 aliphatic heterocycles. The molecule has 0 unspecified atom stereocenters. The minimum absolute atomic E-state index is 0.0856. The number of alkyl halides is 2. The molecule has 0 N–H and O–H groups in total. The molecule has 1 aromatic carbocycles. The maximum absolute atomic E-state index is 12.7. The summed E-state index contributed by atoms with van der Waals surface area (Å²) in [5.74, 6) is -0.555. The first kappa shape index (κ1) is 13.6. The molecule has 0 radical (unpaired) electrons. The molecular weight excluding hydrogens is 296 g/mol. The number of nitrogens with zero attached hydrogens (tertiary/aromatic N) is 1. The molecule has 1 aromatic rings. The molecule has 0 atom stereocenters. The Balaban J connectivity index is 3.25. The SMILES string of the molecule is COC(=O)Cc1cc(C#N)cc(C(F)F)c1Br. The zero-order chi connectivity index (χ0) is 13.0. The van der Waals surface area contributed by atoms with Crippen molar-refractivity contribution in [3.8, 4) is 6.07 Å². The average Bonchev–Trinajstić information content (AvgIpc) is 2.31. The fraction of sp³-hybridized carbons (Fsp3) is 0.273. The van der Waals surface area contributed by atoms with Gasteiger partial charge in [-0.25, -0.2) is 8.78 Å². The van der Waals surface area contributed by atoms with Crippen molar-refractivity contribution in [2.45, 2.75) is 12.8 Å². The molecule has 90 valence electrons. The van der Waals surface area contributed by atoms with E-state index >= 15 is 0 Å². The van der Waals surface area contributed by atoms with Gasteiger partial charge in [-0.1, -0.05) is 0 Å². The molecule has 0 fully saturated rings. The van der Waals surface area contributed by atoms with Gasteiger partial charge < -0.3 is 4.74 Å². The van der Waals surface area contributed by atoms with Crippen molar-refractivity contribution in [3.05, 3.63) is 33.3 Å². The number of hydrogen-bond acceptors (Lipinski definition) is 3. The number of hydrogen-bond donors (Lipinski definition) is 0. The van der Waals surface area contributed by atoms with Crippen molar-refractivity contribution in [2.75, 3.05) is 7.11 Å². The van der Waals surface area contributed by atoms with Crippen LogP contribution in [0.25, 0.3) is 0 Å². The summed E-state index contributed by atoms with van der Waals surface area (Å²) in [4.78, 5) is 11.1. The van der Waals surface area contributed by atoms with Gasteiger partial charge in [0.15, 0.2) is 0 Å². The topological polar surface area (TPSA) is 50.1 Å². The highest BCUT2D eigenvalue weighted by Crippen LogP contribution is 2.31. The molecule has 1 rings (SSSR count). The summed E-state index contributed by atoms with van der Waals surface area (Å²) in [6, 6.07) is 4.25. The van der Waals surface area contributed by atoms with Gasteiger partial charge in [0.05, 0.1) is 25.2 Å². The maximum atomic E-state index is 12.7. The smallest absolute Gasteiger partial charge is 0.310 e. The molecule has 6 heteroatoms. The number of benzene rings is 1. The van der Waals surface area contributed by atoms with Crippen LogP contribution in [0.3, 0.4) is 0 Å². The third-order valence-electron chi connectivity index (χ3n) is 2.10. The van der Waals surface area contributed by atoms with E-state index in [9.17, 15) is 13.6 Å². The summed E-state index contributed by atoms with van der Waals surface area (Å²) in [6.07, 6.45) is -2.87. The lowest BCUT2D eigenvalue weighted by molar-refractivity contribution is -0.139. The van der Waals surface area contributed by atoms with Crippen LogP contribution < -0.4 is 0 Å². The summed E-state index contributed by atoms with van der Waals surface area (Å²) in [7, 11) is 1.21. The zero-order valence-electron chi connectivity index (χ0n) is 8.84. The number of halogens is 3. The molecule has 0 bridgehead atoms. The molecule has 3 nitrogen and oxygen atoms in total. The van der Waals surface area contributed by atoms with E-state index in [4.69, 9.17) is 5.26 Å². The van der Waals surface area contributed by atoms with Crippen LogP contribution in [0.5, 0.6) is 0 Å². The summed E-state index contributed by atoms with van der Waals surface area (Å²) >= 11 is 3.01. The lowest BCUT2D eigenvalue weighted by Crippen LogP contribution is -2.06. The van der Waals surface area contributed by atoms with Gasteiger partial charge in [0.1, 0.15) is 0 Å². The molecule has 0 heterocycles. The van der Waals surface area contributed by atoms with E-state index in [0.717, 1.165) is 6.07 Å². The highest BCUT2D eigenvalue weighted by Gasteiger charge is 2.18. The van der Waals surface area contributed by atoms with Gasteiger partial charge in [-0.05, 0) is 33.6 Å². The predicted molar refractivity (Wildman–Crippen MR) is 59.5 cm³/mol. The zero-order valence-corrected chi connectivity index (χ0v) is 10.4. The van der Waals surface area contributed by atoms with Crippen LogP contribution in [0.1, 0.15) is 23.1 Å². The average molecular weight is 304 g/mol. The van der Waals surface area contributed by atoms with Gasteiger partial charge in [0.25, 0.3) is 6.43 Å². The van der Waals surface area contributed by atoms with Gasteiger partial charge in [-0.3, -0.25) is 4.79 Å². The summed E-state index contributed by atoms with van der Waals surface area (Å²) in [6.45, 7) is 0. The van der Waals surface area contributed by atoms with Crippen molar-refractivity contribution >= 4 is 21.9 Å². The van der Waals surface area contributed by atoms with E-state index in [-0.39, 0.29) is 22.0 Å². The van der Waals surface area contributed by atoms with Crippen LogP contribution in [0.2, 0.25) is 0 Å². The van der Waals surface area contributed by atoms with Gasteiger partial charge in [0.2, 0.25) is 0 Å². The number of carbonyl (C=O) groups excluding carboxylic acids is 1. The Labute approximate surface area is 105 Å². The standard InChI is InChI=1S/C11H8BrF2NO2/c1-17-9(16)4-7-2-6(5-15)3-8(10(7)12)11(13)14/h2-3,11H,4H2,1H3. The van der Waals surface area contributed by atoms with Crippen LogP contribution in [-0.2, 0) is 16.0 Å². The Morgan fingerprint density at radius 3 is 2.71 bits per heavy atom. The molecule has 0 amide bonds. The van der Waals surface area contributed by atoms with E-state index in [2.05, 4.69) is 20.7 Å². The number of nitriles is 1. The maximum Gasteiger partial charge on any atom is 0.310 e. The first-order valence-corrected chi connectivity index (χ1v) is 5.36. The number of methoxy groups -OCH3 is 1. The highest BCUT2D eigenvalue weighted by molar-refractivity contribution is 9.10. The van der Waals surface area contributed by atoms with Crippen molar-refractivity contribution in [2.24, 2.45) is 0 Å². The molecule has 0 saturated carbocycles. The second kappa shape index (κ2) is 5.73. The normalized spacial score (nSPS) is 10.1.